The van der Waals surface area contributed by atoms with Gasteiger partial charge in [0.15, 0.2) is 5.16 Å². The summed E-state index contributed by atoms with van der Waals surface area (Å²) in [5.74, 6) is 0.739. The Balaban J connectivity index is 2.52. The molecule has 1 aromatic heterocycles. The number of thioether (sulfide) groups is 1. The molecule has 112 valence electrons. The normalized spacial score (nSPS) is 10.8. The average molecular weight is 326 g/mol. The van der Waals surface area contributed by atoms with Gasteiger partial charge in [-0.3, -0.25) is 4.57 Å². The first-order valence-corrected chi connectivity index (χ1v) is 8.02. The molecule has 0 saturated heterocycles. The highest BCUT2D eigenvalue weighted by atomic mass is 35.5. The van der Waals surface area contributed by atoms with Crippen LogP contribution in [0.4, 0.5) is 0 Å². The first-order chi connectivity index (χ1) is 10.1. The van der Waals surface area contributed by atoms with Crippen LogP contribution in [0.3, 0.4) is 0 Å². The molecular weight excluding hydrogens is 310 g/mol. The molecule has 0 aliphatic heterocycles. The van der Waals surface area contributed by atoms with Crippen LogP contribution < -0.4 is 11.4 Å². The molecule has 2 rings (SSSR count). The van der Waals surface area contributed by atoms with Crippen LogP contribution in [0, 0.1) is 0 Å². The van der Waals surface area contributed by atoms with Gasteiger partial charge in [-0.1, -0.05) is 42.4 Å². The molecule has 2 aromatic rings. The summed E-state index contributed by atoms with van der Waals surface area (Å²) in [6, 6.07) is 7.27. The predicted octanol–water partition coefficient (Wildman–Crippen LogP) is 2.24. The van der Waals surface area contributed by atoms with Crippen molar-refractivity contribution in [1.82, 2.24) is 14.1 Å². The average Bonchev–Trinajstić information content (AvgIpc) is 2.46. The molecule has 0 N–H and O–H groups in total. The summed E-state index contributed by atoms with van der Waals surface area (Å²) in [6.07, 6.45) is 0. The van der Waals surface area contributed by atoms with Crippen molar-refractivity contribution in [1.29, 1.82) is 0 Å². The Kier molecular flexibility index (Phi) is 5.25. The van der Waals surface area contributed by atoms with Crippen LogP contribution >= 0.6 is 23.4 Å². The van der Waals surface area contributed by atoms with Gasteiger partial charge >= 0.3 is 11.4 Å². The van der Waals surface area contributed by atoms with Crippen LogP contribution in [0.2, 0.25) is 5.02 Å². The summed E-state index contributed by atoms with van der Waals surface area (Å²) in [6.45, 7) is 4.38. The molecule has 1 heterocycles. The van der Waals surface area contributed by atoms with E-state index in [2.05, 4.69) is 4.98 Å². The van der Waals surface area contributed by atoms with Gasteiger partial charge in [-0.05, 0) is 30.4 Å². The van der Waals surface area contributed by atoms with Gasteiger partial charge in [-0.25, -0.2) is 14.2 Å². The maximum absolute atomic E-state index is 12.4. The van der Waals surface area contributed by atoms with E-state index < -0.39 is 5.69 Å². The lowest BCUT2D eigenvalue weighted by molar-refractivity contribution is 0.518. The molecule has 7 heteroatoms. The van der Waals surface area contributed by atoms with E-state index in [0.717, 1.165) is 15.9 Å². The fourth-order valence-electron chi connectivity index (χ4n) is 1.93. The lowest BCUT2D eigenvalue weighted by Crippen LogP contribution is -2.42. The van der Waals surface area contributed by atoms with E-state index in [1.54, 1.807) is 19.1 Å². The van der Waals surface area contributed by atoms with Gasteiger partial charge in [0.2, 0.25) is 0 Å². The SMILES string of the molecule is CCSc1nc(=O)n(CC)c(=O)n1Cc1ccc(Cl)cc1. The lowest BCUT2D eigenvalue weighted by Gasteiger charge is -2.12. The number of aromatic nitrogens is 3. The van der Waals surface area contributed by atoms with E-state index in [4.69, 9.17) is 11.6 Å². The number of hydrogen-bond acceptors (Lipinski definition) is 4. The number of benzene rings is 1. The largest absolute Gasteiger partial charge is 0.354 e. The quantitative estimate of drug-likeness (QED) is 0.791. The van der Waals surface area contributed by atoms with Crippen molar-refractivity contribution in [2.75, 3.05) is 5.75 Å². The Labute approximate surface area is 131 Å². The van der Waals surface area contributed by atoms with Crippen molar-refractivity contribution < 1.29 is 0 Å². The van der Waals surface area contributed by atoms with Crippen molar-refractivity contribution in [2.45, 2.75) is 32.1 Å². The monoisotopic (exact) mass is 325 g/mol. The zero-order valence-electron chi connectivity index (χ0n) is 11.9. The van der Waals surface area contributed by atoms with Gasteiger partial charge < -0.3 is 0 Å². The van der Waals surface area contributed by atoms with E-state index in [1.165, 1.54) is 16.3 Å². The van der Waals surface area contributed by atoms with Gasteiger partial charge in [0.05, 0.1) is 6.54 Å². The van der Waals surface area contributed by atoms with E-state index in [1.807, 2.05) is 19.1 Å². The van der Waals surface area contributed by atoms with E-state index >= 15 is 0 Å². The molecule has 0 bridgehead atoms. The topological polar surface area (TPSA) is 56.9 Å². The van der Waals surface area contributed by atoms with Crippen molar-refractivity contribution in [3.05, 3.63) is 55.8 Å². The molecule has 0 fully saturated rings. The molecule has 0 radical (unpaired) electrons. The van der Waals surface area contributed by atoms with Crippen LogP contribution in [0.15, 0.2) is 39.0 Å². The van der Waals surface area contributed by atoms with E-state index in [-0.39, 0.29) is 5.69 Å². The third-order valence-electron chi connectivity index (χ3n) is 2.96. The lowest BCUT2D eigenvalue weighted by atomic mass is 10.2. The third kappa shape index (κ3) is 3.57. The van der Waals surface area contributed by atoms with Crippen molar-refractivity contribution >= 4 is 23.4 Å². The second-order valence-corrected chi connectivity index (χ2v) is 6.02. The molecule has 0 saturated carbocycles. The summed E-state index contributed by atoms with van der Waals surface area (Å²) in [4.78, 5) is 28.3. The highest BCUT2D eigenvalue weighted by Crippen LogP contribution is 2.15. The third-order valence-corrected chi connectivity index (χ3v) is 4.07. The molecule has 1 aromatic carbocycles. The van der Waals surface area contributed by atoms with Gasteiger partial charge in [0, 0.05) is 11.6 Å². The van der Waals surface area contributed by atoms with Gasteiger partial charge in [0.25, 0.3) is 0 Å². The zero-order chi connectivity index (χ0) is 15.4. The smallest absolute Gasteiger partial charge is 0.268 e. The minimum atomic E-state index is -0.495. The minimum Gasteiger partial charge on any atom is -0.268 e. The molecule has 5 nitrogen and oxygen atoms in total. The summed E-state index contributed by atoms with van der Waals surface area (Å²) < 4.78 is 2.66. The second kappa shape index (κ2) is 6.95. The first-order valence-electron chi connectivity index (χ1n) is 6.65. The number of hydrogen-bond donors (Lipinski definition) is 0. The highest BCUT2D eigenvalue weighted by Gasteiger charge is 2.12. The zero-order valence-corrected chi connectivity index (χ0v) is 13.4. The standard InChI is InChI=1S/C14H16ClN3O2S/c1-3-17-12(19)16-13(21-4-2)18(14(17)20)9-10-5-7-11(15)8-6-10/h5-8H,3-4,9H2,1-2H3. The maximum atomic E-state index is 12.4. The molecule has 0 aliphatic carbocycles. The molecule has 0 atom stereocenters. The predicted molar refractivity (Wildman–Crippen MR) is 85.4 cm³/mol. The Hall–Kier alpha value is -1.53. The summed E-state index contributed by atoms with van der Waals surface area (Å²) in [5, 5.41) is 1.10. The molecular formula is C14H16ClN3O2S. The summed E-state index contributed by atoms with van der Waals surface area (Å²) >= 11 is 7.25. The summed E-state index contributed by atoms with van der Waals surface area (Å²) in [5.41, 5.74) is 0.108. The molecule has 0 unspecified atom stereocenters. The minimum absolute atomic E-state index is 0.308. The number of halogens is 1. The van der Waals surface area contributed by atoms with E-state index in [0.29, 0.717) is 23.3 Å². The summed E-state index contributed by atoms with van der Waals surface area (Å²) in [7, 11) is 0. The van der Waals surface area contributed by atoms with Crippen LogP contribution in [-0.4, -0.2) is 19.9 Å². The molecule has 0 amide bonds. The Morgan fingerprint density at radius 3 is 2.38 bits per heavy atom. The van der Waals surface area contributed by atoms with Crippen molar-refractivity contribution in [3.63, 3.8) is 0 Å². The Morgan fingerprint density at radius 1 is 1.14 bits per heavy atom. The molecule has 0 spiro atoms. The Morgan fingerprint density at radius 2 is 1.81 bits per heavy atom. The fourth-order valence-corrected chi connectivity index (χ4v) is 2.75. The van der Waals surface area contributed by atoms with Crippen LogP contribution in [0.1, 0.15) is 19.4 Å². The van der Waals surface area contributed by atoms with Crippen LogP contribution in [0.5, 0.6) is 0 Å². The second-order valence-electron chi connectivity index (χ2n) is 4.35. The van der Waals surface area contributed by atoms with Crippen LogP contribution in [0.25, 0.3) is 0 Å². The van der Waals surface area contributed by atoms with Gasteiger partial charge in [0.1, 0.15) is 0 Å². The molecule has 0 aliphatic rings. The van der Waals surface area contributed by atoms with Gasteiger partial charge in [-0.2, -0.15) is 4.98 Å². The van der Waals surface area contributed by atoms with Crippen LogP contribution in [-0.2, 0) is 13.1 Å². The first kappa shape index (κ1) is 15.9. The van der Waals surface area contributed by atoms with Crippen molar-refractivity contribution in [3.8, 4) is 0 Å². The van der Waals surface area contributed by atoms with E-state index in [9.17, 15) is 9.59 Å². The number of rotatable bonds is 5. The van der Waals surface area contributed by atoms with Crippen molar-refractivity contribution in [2.24, 2.45) is 0 Å². The van der Waals surface area contributed by atoms with Gasteiger partial charge in [-0.15, -0.1) is 0 Å². The fraction of sp³-hybridized carbons (Fsp3) is 0.357. The Bertz CT molecular complexity index is 737. The number of nitrogens with zero attached hydrogens (tertiary/aromatic N) is 3. The molecule has 21 heavy (non-hydrogen) atoms. The highest BCUT2D eigenvalue weighted by molar-refractivity contribution is 7.99. The maximum Gasteiger partial charge on any atom is 0.354 e.